The van der Waals surface area contributed by atoms with Crippen molar-refractivity contribution in [1.82, 2.24) is 25.1 Å². The van der Waals surface area contributed by atoms with E-state index in [4.69, 9.17) is 0 Å². The van der Waals surface area contributed by atoms with Crippen LogP contribution in [0.3, 0.4) is 0 Å². The van der Waals surface area contributed by atoms with Crippen LogP contribution in [0.1, 0.15) is 16.3 Å². The predicted octanol–water partition coefficient (Wildman–Crippen LogP) is 2.66. The van der Waals surface area contributed by atoms with Gasteiger partial charge in [0.2, 0.25) is 0 Å². The predicted molar refractivity (Wildman–Crippen MR) is 83.4 cm³/mol. The standard InChI is InChI=1S/C15H17N5S/c1-12-8-9-21-14(12)10-19(2)11-15-16-17-18-20(15)13-6-4-3-5-7-13/h3-9H,10-11H2,1-2H3. The normalized spacial score (nSPS) is 11.2. The van der Waals surface area contributed by atoms with Gasteiger partial charge in [-0.1, -0.05) is 18.2 Å². The number of tetrazole rings is 1. The first-order chi connectivity index (χ1) is 10.2. The molecule has 0 saturated carbocycles. The van der Waals surface area contributed by atoms with Gasteiger partial charge in [0.05, 0.1) is 12.2 Å². The van der Waals surface area contributed by atoms with Gasteiger partial charge in [-0.05, 0) is 53.5 Å². The Morgan fingerprint density at radius 1 is 1.14 bits per heavy atom. The van der Waals surface area contributed by atoms with E-state index in [9.17, 15) is 0 Å². The van der Waals surface area contributed by atoms with E-state index in [1.54, 1.807) is 16.0 Å². The summed E-state index contributed by atoms with van der Waals surface area (Å²) >= 11 is 1.79. The summed E-state index contributed by atoms with van der Waals surface area (Å²) < 4.78 is 1.79. The molecule has 0 aliphatic heterocycles. The molecule has 0 unspecified atom stereocenters. The molecule has 0 radical (unpaired) electrons. The number of benzene rings is 1. The molecule has 5 nitrogen and oxygen atoms in total. The molecular formula is C15H17N5S. The Hall–Kier alpha value is -2.05. The third kappa shape index (κ3) is 3.17. The highest BCUT2D eigenvalue weighted by atomic mass is 32.1. The van der Waals surface area contributed by atoms with Gasteiger partial charge in [-0.2, -0.15) is 4.68 Å². The van der Waals surface area contributed by atoms with E-state index in [-0.39, 0.29) is 0 Å². The van der Waals surface area contributed by atoms with Gasteiger partial charge in [0, 0.05) is 11.4 Å². The first-order valence-electron chi connectivity index (χ1n) is 6.78. The topological polar surface area (TPSA) is 46.8 Å². The molecular weight excluding hydrogens is 282 g/mol. The van der Waals surface area contributed by atoms with E-state index >= 15 is 0 Å². The summed E-state index contributed by atoms with van der Waals surface area (Å²) in [5.74, 6) is 0.845. The Morgan fingerprint density at radius 2 is 1.95 bits per heavy atom. The van der Waals surface area contributed by atoms with Crippen molar-refractivity contribution in [1.29, 1.82) is 0 Å². The van der Waals surface area contributed by atoms with Crippen molar-refractivity contribution in [3.63, 3.8) is 0 Å². The van der Waals surface area contributed by atoms with Crippen LogP contribution in [0.15, 0.2) is 41.8 Å². The summed E-state index contributed by atoms with van der Waals surface area (Å²) in [6, 6.07) is 12.1. The van der Waals surface area contributed by atoms with Crippen molar-refractivity contribution in [2.45, 2.75) is 20.0 Å². The Labute approximate surface area is 127 Å². The number of hydrogen-bond donors (Lipinski definition) is 0. The van der Waals surface area contributed by atoms with Gasteiger partial charge in [-0.3, -0.25) is 4.90 Å². The van der Waals surface area contributed by atoms with Crippen LogP contribution in [0.4, 0.5) is 0 Å². The quantitative estimate of drug-likeness (QED) is 0.726. The van der Waals surface area contributed by atoms with Gasteiger partial charge >= 0.3 is 0 Å². The average molecular weight is 299 g/mol. The molecule has 0 saturated heterocycles. The third-order valence-corrected chi connectivity index (χ3v) is 4.34. The van der Waals surface area contributed by atoms with Crippen molar-refractivity contribution < 1.29 is 0 Å². The second kappa shape index (κ2) is 6.15. The molecule has 3 aromatic rings. The molecule has 0 aliphatic rings. The van der Waals surface area contributed by atoms with Crippen LogP contribution in [0.25, 0.3) is 5.69 Å². The fourth-order valence-corrected chi connectivity index (χ4v) is 3.17. The molecule has 0 N–H and O–H groups in total. The zero-order chi connectivity index (χ0) is 14.7. The van der Waals surface area contributed by atoms with E-state index in [1.165, 1.54) is 10.4 Å². The molecule has 2 aromatic heterocycles. The Balaban J connectivity index is 1.74. The number of nitrogens with zero attached hydrogens (tertiary/aromatic N) is 5. The summed E-state index contributed by atoms with van der Waals surface area (Å²) in [4.78, 5) is 3.61. The summed E-state index contributed by atoms with van der Waals surface area (Å²) in [5.41, 5.74) is 2.33. The molecule has 108 valence electrons. The second-order valence-corrected chi connectivity index (χ2v) is 6.04. The number of thiophene rings is 1. The van der Waals surface area contributed by atoms with Gasteiger partial charge in [0.25, 0.3) is 0 Å². The van der Waals surface area contributed by atoms with Crippen molar-refractivity contribution in [2.24, 2.45) is 0 Å². The lowest BCUT2D eigenvalue weighted by Gasteiger charge is -2.15. The van der Waals surface area contributed by atoms with Gasteiger partial charge in [-0.15, -0.1) is 16.4 Å². The van der Waals surface area contributed by atoms with Crippen LogP contribution < -0.4 is 0 Å². The monoisotopic (exact) mass is 299 g/mol. The van der Waals surface area contributed by atoms with E-state index in [2.05, 4.69) is 45.8 Å². The maximum atomic E-state index is 4.15. The average Bonchev–Trinajstić information content (AvgIpc) is 3.10. The van der Waals surface area contributed by atoms with Gasteiger partial charge in [0.15, 0.2) is 5.82 Å². The molecule has 0 aliphatic carbocycles. The highest BCUT2D eigenvalue weighted by Gasteiger charge is 2.12. The van der Waals surface area contributed by atoms with Crippen molar-refractivity contribution in [3.05, 3.63) is 58.0 Å². The minimum atomic E-state index is 0.708. The molecule has 0 amide bonds. The Kier molecular flexibility index (Phi) is 4.08. The van der Waals surface area contributed by atoms with Crippen LogP contribution in [0.2, 0.25) is 0 Å². The SMILES string of the molecule is Cc1ccsc1CN(C)Cc1nnnn1-c1ccccc1. The second-order valence-electron chi connectivity index (χ2n) is 5.04. The van der Waals surface area contributed by atoms with Crippen LogP contribution in [0, 0.1) is 6.92 Å². The van der Waals surface area contributed by atoms with Gasteiger partial charge in [0.1, 0.15) is 0 Å². The first-order valence-corrected chi connectivity index (χ1v) is 7.66. The minimum absolute atomic E-state index is 0.708. The highest BCUT2D eigenvalue weighted by molar-refractivity contribution is 7.10. The zero-order valence-corrected chi connectivity index (χ0v) is 12.9. The number of aromatic nitrogens is 4. The first kappa shape index (κ1) is 13.9. The molecule has 0 atom stereocenters. The van der Waals surface area contributed by atoms with Crippen LogP contribution in [-0.2, 0) is 13.1 Å². The minimum Gasteiger partial charge on any atom is -0.294 e. The fourth-order valence-electron chi connectivity index (χ4n) is 2.18. The molecule has 21 heavy (non-hydrogen) atoms. The maximum absolute atomic E-state index is 4.15. The number of para-hydroxylation sites is 1. The molecule has 1 aromatic carbocycles. The van der Waals surface area contributed by atoms with Crippen molar-refractivity contribution >= 4 is 11.3 Å². The molecule has 0 fully saturated rings. The lowest BCUT2D eigenvalue weighted by molar-refractivity contribution is 0.310. The lowest BCUT2D eigenvalue weighted by Crippen LogP contribution is -2.20. The van der Waals surface area contributed by atoms with Crippen LogP contribution in [-0.4, -0.2) is 32.2 Å². The van der Waals surface area contributed by atoms with E-state index in [0.29, 0.717) is 6.54 Å². The zero-order valence-electron chi connectivity index (χ0n) is 12.1. The largest absolute Gasteiger partial charge is 0.294 e. The molecule has 6 heteroatoms. The van der Waals surface area contributed by atoms with E-state index < -0.39 is 0 Å². The van der Waals surface area contributed by atoms with E-state index in [0.717, 1.165) is 18.1 Å². The summed E-state index contributed by atoms with van der Waals surface area (Å²) in [6.45, 7) is 3.76. The Morgan fingerprint density at radius 3 is 2.67 bits per heavy atom. The molecule has 2 heterocycles. The summed E-state index contributed by atoms with van der Waals surface area (Å²) in [7, 11) is 2.09. The number of rotatable bonds is 5. The van der Waals surface area contributed by atoms with Crippen molar-refractivity contribution in [3.8, 4) is 5.69 Å². The smallest absolute Gasteiger partial charge is 0.170 e. The lowest BCUT2D eigenvalue weighted by atomic mass is 10.3. The maximum Gasteiger partial charge on any atom is 0.170 e. The molecule has 0 spiro atoms. The van der Waals surface area contributed by atoms with Crippen LogP contribution >= 0.6 is 11.3 Å². The summed E-state index contributed by atoms with van der Waals surface area (Å²) in [5, 5.41) is 14.2. The van der Waals surface area contributed by atoms with E-state index in [1.807, 2.05) is 30.3 Å². The highest BCUT2D eigenvalue weighted by Crippen LogP contribution is 2.18. The van der Waals surface area contributed by atoms with Gasteiger partial charge in [-0.25, -0.2) is 0 Å². The van der Waals surface area contributed by atoms with Crippen LogP contribution in [0.5, 0.6) is 0 Å². The number of hydrogen-bond acceptors (Lipinski definition) is 5. The fraction of sp³-hybridized carbons (Fsp3) is 0.267. The van der Waals surface area contributed by atoms with Gasteiger partial charge < -0.3 is 0 Å². The summed E-state index contributed by atoms with van der Waals surface area (Å²) in [6.07, 6.45) is 0. The third-order valence-electron chi connectivity index (χ3n) is 3.33. The molecule has 3 rings (SSSR count). The molecule has 0 bridgehead atoms. The van der Waals surface area contributed by atoms with Crippen molar-refractivity contribution in [2.75, 3.05) is 7.05 Å². The number of aryl methyl sites for hydroxylation is 1. The Bertz CT molecular complexity index is 704.